The zero-order chi connectivity index (χ0) is 52.6. The van der Waals surface area contributed by atoms with Gasteiger partial charge in [-0.1, -0.05) is 36.4 Å². The quantitative estimate of drug-likeness (QED) is 0.0616. The van der Waals surface area contributed by atoms with E-state index < -0.39 is 25.6 Å². The topological polar surface area (TPSA) is 215 Å². The molecule has 2 heterocycles. The van der Waals surface area contributed by atoms with Crippen molar-refractivity contribution < 1.29 is 74.8 Å². The van der Waals surface area contributed by atoms with Crippen LogP contribution in [0.15, 0.2) is 97.3 Å². The zero-order valence-corrected chi connectivity index (χ0v) is 46.1. The molecule has 17 heteroatoms. The molecular weight excluding hydrogens is 1000 g/mol. The summed E-state index contributed by atoms with van der Waals surface area (Å²) in [6.07, 6.45) is 8.81. The number of hydrogen-bond acceptors (Lipinski definition) is 13. The summed E-state index contributed by atoms with van der Waals surface area (Å²) in [7, 11) is -5.96. The molecule has 10 rings (SSSR count). The van der Waals surface area contributed by atoms with Gasteiger partial charge in [0.2, 0.25) is 11.8 Å². The van der Waals surface area contributed by atoms with Gasteiger partial charge >= 0.3 is 24.8 Å². The second-order valence-corrected chi connectivity index (χ2v) is 25.3. The van der Waals surface area contributed by atoms with Gasteiger partial charge in [-0.3, -0.25) is 9.59 Å². The number of nitrogens with zero attached hydrogens (tertiary/aromatic N) is 2. The first-order valence-electron chi connectivity index (χ1n) is 25.2. The molecule has 0 saturated heterocycles. The average Bonchev–Trinajstić information content (AvgIpc) is 4.15. The molecule has 396 valence electrons. The molecule has 0 radical (unpaired) electrons. The maximum atomic E-state index is 11.8. The summed E-state index contributed by atoms with van der Waals surface area (Å²) >= 11 is 0. The van der Waals surface area contributed by atoms with E-state index in [1.165, 1.54) is 23.6 Å². The first kappa shape index (κ1) is 57.7. The number of ether oxygens (including phenoxy) is 4. The molecule has 0 unspecified atom stereocenters. The third kappa shape index (κ3) is 13.6. The monoisotopic (exact) mass is 1060 g/mol. The van der Waals surface area contributed by atoms with Gasteiger partial charge < -0.3 is 29.5 Å². The van der Waals surface area contributed by atoms with Crippen molar-refractivity contribution >= 4 is 31.4 Å². The molecule has 6 atom stereocenters. The van der Waals surface area contributed by atoms with Crippen molar-refractivity contribution in [3.63, 3.8) is 0 Å². The second-order valence-electron chi connectivity index (χ2n) is 20.7. The van der Waals surface area contributed by atoms with Crippen molar-refractivity contribution in [2.75, 3.05) is 37.2 Å². The van der Waals surface area contributed by atoms with E-state index in [1.54, 1.807) is 13.1 Å². The molecule has 4 aliphatic rings. The number of hydrogen-bond donors (Lipinski definition) is 1. The molecule has 0 spiro atoms. The molecule has 2 saturated carbocycles. The Labute approximate surface area is 458 Å². The third-order valence-corrected chi connectivity index (χ3v) is 16.9. The number of sulfone groups is 2. The standard InChI is InChI=1S/C30H33NO5S.C29H31NO6S.Li.H2O/c1-18-11-24(35-9-6-10-37(4,33)34)12-19(2)28(18)22-8-5-7-21(13-22)17-36-27-15-23-14-25-29(20(3)32)30(25)26(23)16-31-27;1-17-10-22(35-8-5-9-37(3,33)34)11-18(2)26(17)20-7-4-6-19(12-20)16-36-25-14-21-13-23-27(24(21)15-30-25)28(23)29(31)32;;/h5,7-8,11-13,15-16,25,29-30H,6,9-10,14,17H2,1-4H3;4,6-7,10-12,14-15,23,27-28H,5,8-9,13,16H2,1-3H3,(H,31,32);;1H2/q;;+1;/p-1/t25-,29-,30+;23-,27-,28+;;/m01../s1. The van der Waals surface area contributed by atoms with E-state index in [2.05, 4.69) is 48.1 Å². The SMILES string of the molecule is CC(=O)[C@H]1[C@@H]2Cc3cc(OCc4cccc(-c5c(C)cc(OCCCS(C)(=O)=O)cc5C)c4)ncc3[C@@H]21.Cc1cc(OCCCS(C)(=O)=O)cc(C)c1-c1cccc(COc2cc3c(cn2)[C@H]2[C@@H](C3)[C@@H]2C(=O)O)c1.[Li+].[OH-]. The van der Waals surface area contributed by atoms with Crippen molar-refractivity contribution in [1.82, 2.24) is 9.97 Å². The van der Waals surface area contributed by atoms with E-state index in [9.17, 15) is 31.5 Å². The molecular formula is C59H65LiN2O12S2. The van der Waals surface area contributed by atoms with E-state index in [4.69, 9.17) is 18.9 Å². The van der Waals surface area contributed by atoms with Crippen LogP contribution in [0.4, 0.5) is 0 Å². The summed E-state index contributed by atoms with van der Waals surface area (Å²) in [6.45, 7) is 11.4. The van der Waals surface area contributed by atoms with Crippen LogP contribution in [0.3, 0.4) is 0 Å². The van der Waals surface area contributed by atoms with Gasteiger partial charge in [0.05, 0.1) is 30.6 Å². The fourth-order valence-corrected chi connectivity index (χ4v) is 12.8. The van der Waals surface area contributed by atoms with Gasteiger partial charge in [0, 0.05) is 48.9 Å². The molecule has 2 N–H and O–H groups in total. The normalized spacial score (nSPS) is 19.2. The first-order valence-corrected chi connectivity index (χ1v) is 29.3. The molecule has 4 aliphatic carbocycles. The zero-order valence-electron chi connectivity index (χ0n) is 44.5. The van der Waals surface area contributed by atoms with Crippen molar-refractivity contribution in [3.8, 4) is 45.5 Å². The Kier molecular flexibility index (Phi) is 18.0. The fourth-order valence-electron chi connectivity index (χ4n) is 11.5. The summed E-state index contributed by atoms with van der Waals surface area (Å²) in [4.78, 5) is 32.0. The molecule has 0 bridgehead atoms. The number of rotatable bonds is 20. The van der Waals surface area contributed by atoms with Crippen LogP contribution in [0, 0.1) is 51.4 Å². The number of benzene rings is 4. The number of ketones is 1. The van der Waals surface area contributed by atoms with Gasteiger partial charge in [0.15, 0.2) is 0 Å². The van der Waals surface area contributed by atoms with Gasteiger partial charge in [0.25, 0.3) is 0 Å². The minimum atomic E-state index is -2.99. The number of aryl methyl sites for hydroxylation is 4. The number of carboxylic acid groups (broad SMARTS) is 1. The smallest absolute Gasteiger partial charge is 0.870 e. The van der Waals surface area contributed by atoms with Crippen LogP contribution >= 0.6 is 0 Å². The van der Waals surface area contributed by atoms with Gasteiger partial charge in [-0.15, -0.1) is 0 Å². The van der Waals surface area contributed by atoms with Crippen molar-refractivity contribution in [2.45, 2.75) is 85.4 Å². The number of carboxylic acids is 1. The fraction of sp³-hybridized carbons (Fsp3) is 0.390. The number of aromatic nitrogens is 2. The largest absolute Gasteiger partial charge is 1.00 e. The number of pyridine rings is 2. The molecule has 0 amide bonds. The van der Waals surface area contributed by atoms with Gasteiger partial charge in [-0.2, -0.15) is 0 Å². The Morgan fingerprint density at radius 1 is 0.592 bits per heavy atom. The minimum absolute atomic E-state index is 0. The summed E-state index contributed by atoms with van der Waals surface area (Å²) in [6, 6.07) is 28.5. The minimum Gasteiger partial charge on any atom is -0.870 e. The summed E-state index contributed by atoms with van der Waals surface area (Å²) < 4.78 is 68.9. The number of fused-ring (bicyclic) bond motifs is 6. The van der Waals surface area contributed by atoms with E-state index >= 15 is 0 Å². The third-order valence-electron chi connectivity index (χ3n) is 14.8. The van der Waals surface area contributed by atoms with Crippen LogP contribution in [-0.4, -0.2) is 86.4 Å². The van der Waals surface area contributed by atoms with E-state index in [1.807, 2.05) is 80.7 Å². The number of carbonyl (C=O) groups excluding carboxylic acids is 1. The summed E-state index contributed by atoms with van der Waals surface area (Å²) in [5.41, 5.74) is 15.6. The van der Waals surface area contributed by atoms with Crippen molar-refractivity contribution in [1.29, 1.82) is 0 Å². The molecule has 2 aromatic heterocycles. The van der Waals surface area contributed by atoms with Crippen LogP contribution < -0.4 is 37.8 Å². The Morgan fingerprint density at radius 3 is 1.37 bits per heavy atom. The van der Waals surface area contributed by atoms with Crippen molar-refractivity contribution in [2.24, 2.45) is 23.7 Å². The Hall–Kier alpha value is -6.02. The maximum absolute atomic E-state index is 11.8. The van der Waals surface area contributed by atoms with Crippen LogP contribution in [0.1, 0.15) is 87.2 Å². The van der Waals surface area contributed by atoms with Gasteiger partial charge in [-0.05, 0) is 192 Å². The van der Waals surface area contributed by atoms with E-state index in [-0.39, 0.29) is 65.3 Å². The molecule has 4 aromatic carbocycles. The second kappa shape index (κ2) is 23.7. The average molecular weight is 1070 g/mol. The summed E-state index contributed by atoms with van der Waals surface area (Å²) in [5, 5.41) is 9.30. The predicted molar refractivity (Wildman–Crippen MR) is 287 cm³/mol. The number of carbonyl (C=O) groups is 2. The predicted octanol–water partition coefficient (Wildman–Crippen LogP) is 6.79. The molecule has 0 aliphatic heterocycles. The van der Waals surface area contributed by atoms with Gasteiger partial charge in [0.1, 0.15) is 50.2 Å². The van der Waals surface area contributed by atoms with Gasteiger partial charge in [-0.25, -0.2) is 26.8 Å². The van der Waals surface area contributed by atoms with E-state index in [0.29, 0.717) is 62.9 Å². The Bertz CT molecular complexity index is 3110. The number of Topliss-reactive ketones (excluding diaryl/α,β-unsaturated/α-hetero) is 1. The Morgan fingerprint density at radius 2 is 0.987 bits per heavy atom. The molecule has 76 heavy (non-hydrogen) atoms. The van der Waals surface area contributed by atoms with Crippen LogP contribution in [-0.2, 0) is 55.3 Å². The van der Waals surface area contributed by atoms with E-state index in [0.717, 1.165) is 91.1 Å². The molecule has 2 fully saturated rings. The maximum Gasteiger partial charge on any atom is 1.00 e. The van der Waals surface area contributed by atoms with Crippen molar-refractivity contribution in [3.05, 3.63) is 153 Å². The van der Waals surface area contributed by atoms with Crippen LogP contribution in [0.2, 0.25) is 0 Å². The molecule has 14 nitrogen and oxygen atoms in total. The first-order chi connectivity index (χ1) is 35.2. The van der Waals surface area contributed by atoms with Crippen LogP contribution in [0.5, 0.6) is 23.3 Å². The molecule has 6 aromatic rings. The number of aliphatic carboxylic acids is 1. The Balaban J connectivity index is 0.000000216. The summed E-state index contributed by atoms with van der Waals surface area (Å²) in [5.74, 6) is 3.56. The van der Waals surface area contributed by atoms with Crippen LogP contribution in [0.25, 0.3) is 22.3 Å².